The van der Waals surface area contributed by atoms with E-state index in [0.717, 1.165) is 49.9 Å². The molecule has 1 aromatic heterocycles. The summed E-state index contributed by atoms with van der Waals surface area (Å²) in [7, 11) is -2.00. The third kappa shape index (κ3) is 5.88. The van der Waals surface area contributed by atoms with Gasteiger partial charge in [-0.3, -0.25) is 15.4 Å². The van der Waals surface area contributed by atoms with Gasteiger partial charge in [-0.05, 0) is 72.5 Å². The number of nitrogens with one attached hydrogen (secondary N) is 2. The Bertz CT molecular complexity index is 1190. The molecule has 1 fully saturated rings. The van der Waals surface area contributed by atoms with Crippen molar-refractivity contribution in [3.63, 3.8) is 0 Å². The molecule has 2 atom stereocenters. The molecular formula is C31H49N5O2Si. The lowest BCUT2D eigenvalue weighted by molar-refractivity contribution is 0.0168. The van der Waals surface area contributed by atoms with E-state index < -0.39 is 8.32 Å². The molecule has 2 aliphatic rings. The van der Waals surface area contributed by atoms with Gasteiger partial charge < -0.3 is 19.8 Å². The number of hydrogen-bond acceptors (Lipinski definition) is 5. The molecule has 2 aromatic rings. The Morgan fingerprint density at radius 2 is 1.54 bits per heavy atom. The molecule has 7 nitrogen and oxygen atoms in total. The van der Waals surface area contributed by atoms with Crippen LogP contribution in [0.4, 0.5) is 0 Å². The van der Waals surface area contributed by atoms with Crippen LogP contribution in [0.25, 0.3) is 0 Å². The van der Waals surface area contributed by atoms with Gasteiger partial charge in [0.05, 0.1) is 11.8 Å². The second-order valence-corrected chi connectivity index (χ2v) is 18.1. The molecule has 1 aliphatic heterocycles. The number of piperidine rings is 1. The second-order valence-electron chi connectivity index (χ2n) is 12.7. The van der Waals surface area contributed by atoms with E-state index in [2.05, 4.69) is 65.5 Å². The van der Waals surface area contributed by atoms with Gasteiger partial charge in [0.1, 0.15) is 17.3 Å². The van der Waals surface area contributed by atoms with Crippen LogP contribution in [0.5, 0.6) is 5.75 Å². The minimum atomic E-state index is -2.00. The number of nitrogens with zero attached hydrogens (tertiary/aromatic N) is 2. The van der Waals surface area contributed by atoms with Crippen LogP contribution in [0.15, 0.2) is 42.6 Å². The van der Waals surface area contributed by atoms with Crippen molar-refractivity contribution in [2.45, 2.75) is 109 Å². The van der Waals surface area contributed by atoms with E-state index in [9.17, 15) is 0 Å². The Morgan fingerprint density at radius 1 is 0.949 bits per heavy atom. The Hall–Kier alpha value is -2.42. The third-order valence-electron chi connectivity index (χ3n) is 9.16. The first-order chi connectivity index (χ1) is 18.4. The lowest BCUT2D eigenvalue weighted by atomic mass is 9.86. The monoisotopic (exact) mass is 551 g/mol. The van der Waals surface area contributed by atoms with Crippen molar-refractivity contribution in [3.8, 4) is 5.75 Å². The maximum absolute atomic E-state index is 9.00. The van der Waals surface area contributed by atoms with Crippen molar-refractivity contribution in [1.29, 1.82) is 10.8 Å². The predicted octanol–water partition coefficient (Wildman–Crippen LogP) is 6.71. The van der Waals surface area contributed by atoms with Gasteiger partial charge in [0.15, 0.2) is 0 Å². The molecule has 4 N–H and O–H groups in total. The van der Waals surface area contributed by atoms with Crippen molar-refractivity contribution in [1.82, 2.24) is 9.47 Å². The number of pyridine rings is 1. The van der Waals surface area contributed by atoms with E-state index in [0.29, 0.717) is 28.3 Å². The normalized spacial score (nSPS) is 21.4. The molecule has 0 radical (unpaired) electrons. The van der Waals surface area contributed by atoms with E-state index in [1.807, 2.05) is 18.2 Å². The Labute approximate surface area is 235 Å². The van der Waals surface area contributed by atoms with Gasteiger partial charge in [-0.2, -0.15) is 0 Å². The summed E-state index contributed by atoms with van der Waals surface area (Å²) in [6, 6.07) is 11.8. The highest BCUT2D eigenvalue weighted by atomic mass is 28.4. The van der Waals surface area contributed by atoms with Crippen LogP contribution in [0.2, 0.25) is 16.6 Å². The Kier molecular flexibility index (Phi) is 8.78. The number of fused-ring (bicyclic) bond motifs is 1. The van der Waals surface area contributed by atoms with E-state index in [1.165, 1.54) is 0 Å². The molecule has 1 saturated heterocycles. The van der Waals surface area contributed by atoms with Gasteiger partial charge in [0.2, 0.25) is 14.3 Å². The summed E-state index contributed by atoms with van der Waals surface area (Å²) >= 11 is 0. The zero-order valence-electron chi connectivity index (χ0n) is 25.0. The number of benzene rings is 1. The number of nitrogens with two attached hydrogens (primary N) is 1. The van der Waals surface area contributed by atoms with Crippen LogP contribution in [-0.2, 0) is 4.43 Å². The van der Waals surface area contributed by atoms with Crippen LogP contribution >= 0.6 is 0 Å². The third-order valence-corrected chi connectivity index (χ3v) is 15.4. The van der Waals surface area contributed by atoms with Gasteiger partial charge in [-0.25, -0.2) is 0 Å². The molecule has 0 unspecified atom stereocenters. The topological polar surface area (TPSA) is 100 Å². The predicted molar refractivity (Wildman–Crippen MR) is 161 cm³/mol. The van der Waals surface area contributed by atoms with E-state index in [1.54, 1.807) is 16.8 Å². The number of aromatic nitrogens is 1. The largest absolute Gasteiger partial charge is 0.484 e. The molecule has 8 heteroatoms. The first kappa shape index (κ1) is 29.6. The fraction of sp³-hybridized carbons (Fsp3) is 0.613. The molecule has 39 heavy (non-hydrogen) atoms. The summed E-state index contributed by atoms with van der Waals surface area (Å²) in [5, 5.41) is 17.5. The fourth-order valence-corrected chi connectivity index (χ4v) is 12.8. The molecule has 0 saturated carbocycles. The molecule has 2 heterocycles. The van der Waals surface area contributed by atoms with E-state index in [4.69, 9.17) is 25.7 Å². The summed E-state index contributed by atoms with van der Waals surface area (Å²) in [4.78, 5) is 2.07. The molecule has 0 amide bonds. The lowest BCUT2D eigenvalue weighted by Crippen LogP contribution is -2.57. The zero-order valence-corrected chi connectivity index (χ0v) is 26.0. The molecule has 0 spiro atoms. The van der Waals surface area contributed by atoms with Crippen LogP contribution < -0.4 is 16.0 Å². The van der Waals surface area contributed by atoms with Gasteiger partial charge in [0, 0.05) is 19.1 Å². The van der Waals surface area contributed by atoms with E-state index in [-0.39, 0.29) is 23.2 Å². The van der Waals surface area contributed by atoms with Gasteiger partial charge in [-0.1, -0.05) is 65.8 Å². The number of hydrogen-bond donors (Lipinski definition) is 3. The highest BCUT2D eigenvalue weighted by Gasteiger charge is 2.50. The van der Waals surface area contributed by atoms with Crippen molar-refractivity contribution in [2.75, 3.05) is 13.1 Å². The molecule has 214 valence electrons. The first-order valence-corrected chi connectivity index (χ1v) is 16.8. The van der Waals surface area contributed by atoms with Crippen molar-refractivity contribution >= 4 is 14.3 Å². The van der Waals surface area contributed by atoms with Gasteiger partial charge >= 0.3 is 0 Å². The standard InChI is InChI=1S/C31H49N5O2Si/c1-21(2)39(22(3)4,23(5)6)38-31(7)16-18-35(19-17-31)30(34)36-20-24(12-15-29(36)33)37-28-14-13-27(32)25-10-8-9-11-26(25)28/h8-12,15,20-23,27-28,33-34H,13-14,16-19,32H2,1-7H3/t27-,28+/m0/s1. The summed E-state index contributed by atoms with van der Waals surface area (Å²) in [6.45, 7) is 17.8. The molecular weight excluding hydrogens is 502 g/mol. The van der Waals surface area contributed by atoms with Crippen LogP contribution in [0.3, 0.4) is 0 Å². The maximum atomic E-state index is 9.00. The zero-order chi connectivity index (χ0) is 28.5. The van der Waals surface area contributed by atoms with Gasteiger partial charge in [0.25, 0.3) is 0 Å². The molecule has 1 aliphatic carbocycles. The van der Waals surface area contributed by atoms with Crippen molar-refractivity contribution in [2.24, 2.45) is 5.73 Å². The maximum Gasteiger partial charge on any atom is 0.203 e. The highest BCUT2D eigenvalue weighted by Crippen LogP contribution is 2.46. The Balaban J connectivity index is 1.47. The molecule has 0 bridgehead atoms. The van der Waals surface area contributed by atoms with Crippen molar-refractivity contribution in [3.05, 3.63) is 59.2 Å². The minimum absolute atomic E-state index is 0.0398. The second kappa shape index (κ2) is 11.6. The molecule has 1 aromatic carbocycles. The average molecular weight is 552 g/mol. The average Bonchev–Trinajstić information content (AvgIpc) is 2.89. The highest BCUT2D eigenvalue weighted by molar-refractivity contribution is 6.77. The quantitative estimate of drug-likeness (QED) is 0.202. The lowest BCUT2D eigenvalue weighted by Gasteiger charge is -2.51. The van der Waals surface area contributed by atoms with Gasteiger partial charge in [-0.15, -0.1) is 0 Å². The number of rotatable bonds is 7. The minimum Gasteiger partial charge on any atom is -0.484 e. The summed E-state index contributed by atoms with van der Waals surface area (Å²) in [5.74, 6) is 0.983. The summed E-state index contributed by atoms with van der Waals surface area (Å²) < 4.78 is 15.3. The number of ether oxygens (including phenoxy) is 1. The molecule has 4 rings (SSSR count). The van der Waals surface area contributed by atoms with Crippen molar-refractivity contribution < 1.29 is 9.16 Å². The Morgan fingerprint density at radius 3 is 2.13 bits per heavy atom. The summed E-state index contributed by atoms with van der Waals surface area (Å²) in [5.41, 5.74) is 10.3. The number of likely N-dealkylation sites (tertiary alicyclic amines) is 1. The fourth-order valence-electron chi connectivity index (χ4n) is 7.02. The van der Waals surface area contributed by atoms with E-state index >= 15 is 0 Å². The van der Waals surface area contributed by atoms with Crippen LogP contribution in [0, 0.1) is 10.8 Å². The van der Waals surface area contributed by atoms with Crippen LogP contribution in [0.1, 0.15) is 97.4 Å². The van der Waals surface area contributed by atoms with Crippen LogP contribution in [-0.4, -0.2) is 42.4 Å². The smallest absolute Gasteiger partial charge is 0.203 e. The summed E-state index contributed by atoms with van der Waals surface area (Å²) in [6.07, 6.45) is 5.17. The SMILES string of the molecule is CC(C)[Si](OC1(C)CCN(C(=N)n2cc(O[C@@H]3CC[C@H](N)c4ccccc43)ccc2=N)CC1)(C(C)C)C(C)C. The first-order valence-electron chi connectivity index (χ1n) is 14.7.